The second-order valence-electron chi connectivity index (χ2n) is 8.34. The minimum atomic E-state index is -3.33. The summed E-state index contributed by atoms with van der Waals surface area (Å²) in [5.74, 6) is -0.398. The zero-order valence-corrected chi connectivity index (χ0v) is 19.3. The van der Waals surface area contributed by atoms with Gasteiger partial charge in [-0.15, -0.1) is 5.10 Å². The number of benzene rings is 1. The highest BCUT2D eigenvalue weighted by Gasteiger charge is 2.21. The maximum atomic E-state index is 12.3. The lowest BCUT2D eigenvalue weighted by atomic mass is 10.1. The fourth-order valence-corrected chi connectivity index (χ4v) is 3.46. The molecule has 0 spiro atoms. The van der Waals surface area contributed by atoms with E-state index in [4.69, 9.17) is 4.74 Å². The van der Waals surface area contributed by atoms with Crippen molar-refractivity contribution >= 4 is 33.4 Å². The van der Waals surface area contributed by atoms with Crippen LogP contribution in [-0.2, 0) is 19.4 Å². The molecule has 11 heteroatoms. The first-order valence-corrected chi connectivity index (χ1v) is 11.6. The third kappa shape index (κ3) is 5.82. The summed E-state index contributed by atoms with van der Waals surface area (Å²) in [6.07, 6.45) is 2.23. The topological polar surface area (TPSA) is 123 Å². The van der Waals surface area contributed by atoms with Crippen LogP contribution in [0.3, 0.4) is 0 Å². The van der Waals surface area contributed by atoms with E-state index >= 15 is 0 Å². The predicted molar refractivity (Wildman–Crippen MR) is 119 cm³/mol. The molecule has 2 aromatic heterocycles. The first kappa shape index (κ1) is 23.2. The van der Waals surface area contributed by atoms with Gasteiger partial charge in [0.25, 0.3) is 0 Å². The molecule has 3 aromatic rings. The Balaban J connectivity index is 1.74. The van der Waals surface area contributed by atoms with Gasteiger partial charge < -0.3 is 9.64 Å². The lowest BCUT2D eigenvalue weighted by Gasteiger charge is -2.24. The summed E-state index contributed by atoms with van der Waals surface area (Å²) in [5.41, 5.74) is 1.26. The number of likely N-dealkylation sites (N-methyl/N-ethyl adjacent to an activating group) is 1. The van der Waals surface area contributed by atoms with E-state index in [0.29, 0.717) is 11.2 Å². The summed E-state index contributed by atoms with van der Waals surface area (Å²) in [4.78, 5) is 29.9. The zero-order chi connectivity index (χ0) is 23.7. The molecule has 32 heavy (non-hydrogen) atoms. The number of carbonyl (C=O) groups excluding carboxylic acids is 2. The van der Waals surface area contributed by atoms with Crippen molar-refractivity contribution in [3.8, 4) is 11.1 Å². The number of pyridine rings is 1. The van der Waals surface area contributed by atoms with Gasteiger partial charge in [0.05, 0.1) is 4.90 Å². The highest BCUT2D eigenvalue weighted by molar-refractivity contribution is 7.90. The third-order valence-electron chi connectivity index (χ3n) is 4.26. The van der Waals surface area contributed by atoms with E-state index in [2.05, 4.69) is 15.4 Å². The van der Waals surface area contributed by atoms with E-state index in [1.54, 1.807) is 57.3 Å². The van der Waals surface area contributed by atoms with Crippen molar-refractivity contribution in [2.45, 2.75) is 31.3 Å². The molecule has 0 saturated carbocycles. The van der Waals surface area contributed by atoms with Gasteiger partial charge in [0.2, 0.25) is 11.9 Å². The number of nitrogens with one attached hydrogen (secondary N) is 1. The monoisotopic (exact) mass is 459 g/mol. The summed E-state index contributed by atoms with van der Waals surface area (Å²) in [7, 11) is -1.87. The summed E-state index contributed by atoms with van der Waals surface area (Å²) < 4.78 is 30.3. The van der Waals surface area contributed by atoms with Gasteiger partial charge in [0.1, 0.15) is 12.1 Å². The number of hydrogen-bond donors (Lipinski definition) is 1. The van der Waals surface area contributed by atoms with E-state index < -0.39 is 27.4 Å². The number of nitrogens with zero attached hydrogens (tertiary/aromatic N) is 4. The zero-order valence-electron chi connectivity index (χ0n) is 18.5. The summed E-state index contributed by atoms with van der Waals surface area (Å²) >= 11 is 0. The molecular weight excluding hydrogens is 434 g/mol. The average molecular weight is 460 g/mol. The molecule has 0 bridgehead atoms. The third-order valence-corrected chi connectivity index (χ3v) is 5.37. The molecule has 0 radical (unpaired) electrons. The Morgan fingerprint density at radius 3 is 2.53 bits per heavy atom. The van der Waals surface area contributed by atoms with Crippen molar-refractivity contribution in [1.82, 2.24) is 19.5 Å². The second-order valence-corrected chi connectivity index (χ2v) is 10.4. The highest BCUT2D eigenvalue weighted by atomic mass is 32.2. The van der Waals surface area contributed by atoms with Gasteiger partial charge in [-0.2, -0.15) is 4.98 Å². The quantitative estimate of drug-likeness (QED) is 0.622. The molecule has 0 aliphatic rings. The van der Waals surface area contributed by atoms with E-state index in [1.807, 2.05) is 0 Å². The Labute approximate surface area is 186 Å². The molecule has 2 amide bonds. The summed E-state index contributed by atoms with van der Waals surface area (Å²) in [6.45, 7) is 5.00. The van der Waals surface area contributed by atoms with E-state index in [9.17, 15) is 18.0 Å². The van der Waals surface area contributed by atoms with E-state index in [-0.39, 0.29) is 17.4 Å². The Morgan fingerprint density at radius 1 is 1.16 bits per heavy atom. The van der Waals surface area contributed by atoms with Crippen LogP contribution in [0.4, 0.5) is 10.7 Å². The number of sulfone groups is 1. The van der Waals surface area contributed by atoms with Crippen molar-refractivity contribution in [3.05, 3.63) is 42.6 Å². The van der Waals surface area contributed by atoms with Crippen LogP contribution in [0.5, 0.6) is 0 Å². The minimum absolute atomic E-state index is 0.0784. The number of fused-ring (bicyclic) bond motifs is 1. The summed E-state index contributed by atoms with van der Waals surface area (Å²) in [5, 5.41) is 6.80. The molecule has 0 aliphatic carbocycles. The minimum Gasteiger partial charge on any atom is -0.444 e. The number of aromatic nitrogens is 3. The van der Waals surface area contributed by atoms with Gasteiger partial charge in [-0.1, -0.05) is 12.1 Å². The smallest absolute Gasteiger partial charge is 0.410 e. The fourth-order valence-electron chi connectivity index (χ4n) is 2.80. The second kappa shape index (κ2) is 8.58. The standard InChI is InChI=1S/C21H25N5O5S/c1-21(2,3)31-20(28)25(4)13-18(27)23-19-22-17-10-9-15(12-26(17)24-19)14-7-6-8-16(11-14)32(5,29)30/h6-12H,13H2,1-5H3,(H,23,24,27). The molecule has 1 aromatic carbocycles. The lowest BCUT2D eigenvalue weighted by molar-refractivity contribution is -0.117. The van der Waals surface area contributed by atoms with Crippen molar-refractivity contribution in [2.75, 3.05) is 25.2 Å². The fraction of sp³-hybridized carbons (Fsp3) is 0.333. The molecule has 2 heterocycles. The maximum Gasteiger partial charge on any atom is 0.410 e. The SMILES string of the molecule is CN(CC(=O)Nc1nc2ccc(-c3cccc(S(C)(=O)=O)c3)cn2n1)C(=O)OC(C)(C)C. The lowest BCUT2D eigenvalue weighted by Crippen LogP contribution is -2.38. The number of ether oxygens (including phenoxy) is 1. The van der Waals surface area contributed by atoms with Crippen molar-refractivity contribution < 1.29 is 22.7 Å². The van der Waals surface area contributed by atoms with Crippen LogP contribution in [0.1, 0.15) is 20.8 Å². The number of rotatable bonds is 5. The number of carbonyl (C=O) groups is 2. The van der Waals surface area contributed by atoms with Crippen LogP contribution in [0.2, 0.25) is 0 Å². The van der Waals surface area contributed by atoms with Gasteiger partial charge in [0.15, 0.2) is 15.5 Å². The van der Waals surface area contributed by atoms with Crippen LogP contribution in [-0.4, -0.2) is 65.4 Å². The Kier molecular flexibility index (Phi) is 6.22. The first-order valence-electron chi connectivity index (χ1n) is 9.73. The Morgan fingerprint density at radius 2 is 1.88 bits per heavy atom. The molecule has 0 unspecified atom stereocenters. The van der Waals surface area contributed by atoms with Gasteiger partial charge in [-0.3, -0.25) is 10.1 Å². The van der Waals surface area contributed by atoms with Gasteiger partial charge in [0, 0.05) is 25.1 Å². The van der Waals surface area contributed by atoms with E-state index in [1.165, 1.54) is 17.6 Å². The molecule has 0 fully saturated rings. The first-order chi connectivity index (χ1) is 14.8. The summed E-state index contributed by atoms with van der Waals surface area (Å²) in [6, 6.07) is 10.1. The molecular formula is C21H25N5O5S. The number of amides is 2. The van der Waals surface area contributed by atoms with Crippen molar-refractivity contribution in [2.24, 2.45) is 0 Å². The molecule has 170 valence electrons. The van der Waals surface area contributed by atoms with Crippen LogP contribution in [0, 0.1) is 0 Å². The van der Waals surface area contributed by atoms with Crippen LogP contribution in [0.25, 0.3) is 16.8 Å². The van der Waals surface area contributed by atoms with Crippen molar-refractivity contribution in [3.63, 3.8) is 0 Å². The molecule has 10 nitrogen and oxygen atoms in total. The van der Waals surface area contributed by atoms with Gasteiger partial charge >= 0.3 is 6.09 Å². The molecule has 3 rings (SSSR count). The van der Waals surface area contributed by atoms with Crippen LogP contribution < -0.4 is 5.32 Å². The molecule has 0 atom stereocenters. The van der Waals surface area contributed by atoms with E-state index in [0.717, 1.165) is 16.7 Å². The van der Waals surface area contributed by atoms with Crippen LogP contribution >= 0.6 is 0 Å². The Hall–Kier alpha value is -3.47. The predicted octanol–water partition coefficient (Wildman–Crippen LogP) is 2.61. The largest absolute Gasteiger partial charge is 0.444 e. The van der Waals surface area contributed by atoms with Gasteiger partial charge in [-0.25, -0.2) is 17.7 Å². The normalized spacial score (nSPS) is 11.9. The maximum absolute atomic E-state index is 12.3. The highest BCUT2D eigenvalue weighted by Crippen LogP contribution is 2.23. The average Bonchev–Trinajstić information content (AvgIpc) is 3.07. The molecule has 0 saturated heterocycles. The molecule has 1 N–H and O–H groups in total. The number of hydrogen-bond acceptors (Lipinski definition) is 7. The van der Waals surface area contributed by atoms with Crippen molar-refractivity contribution in [1.29, 1.82) is 0 Å². The van der Waals surface area contributed by atoms with Crippen LogP contribution in [0.15, 0.2) is 47.5 Å². The van der Waals surface area contributed by atoms with Gasteiger partial charge in [-0.05, 0) is 50.6 Å². The molecule has 0 aliphatic heterocycles. The Bertz CT molecular complexity index is 1280. The number of anilines is 1.